The molecule has 0 spiro atoms. The van der Waals surface area contributed by atoms with E-state index in [0.717, 1.165) is 17.0 Å². The maximum absolute atomic E-state index is 5.35. The van der Waals surface area contributed by atoms with Crippen molar-refractivity contribution in [1.29, 1.82) is 0 Å². The fraction of sp³-hybridized carbons (Fsp3) is 0.364. The largest absolute Gasteiger partial charge is 0.247 e. The van der Waals surface area contributed by atoms with E-state index in [0.29, 0.717) is 17.3 Å². The third-order valence-corrected chi connectivity index (χ3v) is 11.2. The van der Waals surface area contributed by atoms with Crippen molar-refractivity contribution in [1.82, 2.24) is 9.97 Å². The zero-order valence-electron chi connectivity index (χ0n) is 15.3. The minimum Gasteiger partial charge on any atom is -0.247 e. The standard InChI is InChI=1S/C22H18N2S3/c1-10-21(2)13-14-20(22(10,3)19(13)21)24-16-15(23-14)17(11-6-4-8-25-11)27-18(16)12-7-5-9-26-12/h4-10,13,19H,1-3H3. The molecule has 0 N–H and O–H groups in total. The van der Waals surface area contributed by atoms with E-state index in [1.165, 1.54) is 30.9 Å². The molecule has 0 bridgehead atoms. The van der Waals surface area contributed by atoms with E-state index in [4.69, 9.17) is 9.97 Å². The smallest absolute Gasteiger partial charge is 0.109 e. The summed E-state index contributed by atoms with van der Waals surface area (Å²) in [7, 11) is 0. The molecule has 3 aliphatic rings. The van der Waals surface area contributed by atoms with Crippen LogP contribution in [0.5, 0.6) is 0 Å². The summed E-state index contributed by atoms with van der Waals surface area (Å²) in [5, 5.41) is 4.31. The van der Waals surface area contributed by atoms with Crippen LogP contribution in [0.1, 0.15) is 38.1 Å². The van der Waals surface area contributed by atoms with Gasteiger partial charge in [-0.05, 0) is 40.1 Å². The average molecular weight is 407 g/mol. The number of hydrogen-bond donors (Lipinski definition) is 0. The van der Waals surface area contributed by atoms with Crippen molar-refractivity contribution in [3.63, 3.8) is 0 Å². The molecule has 2 saturated carbocycles. The zero-order chi connectivity index (χ0) is 18.1. The topological polar surface area (TPSA) is 25.8 Å². The van der Waals surface area contributed by atoms with Gasteiger partial charge in [-0.3, -0.25) is 0 Å². The van der Waals surface area contributed by atoms with Crippen LogP contribution in [0.15, 0.2) is 35.0 Å². The maximum atomic E-state index is 5.35. The Balaban J connectivity index is 1.56. The maximum Gasteiger partial charge on any atom is 0.109 e. The second kappa shape index (κ2) is 4.53. The Labute approximate surface area is 169 Å². The SMILES string of the molecule is CC1C2(C)c3nc4c(-c5cccs5)sc(-c5cccs5)c4nc3C3C2C31C. The first-order valence-corrected chi connectivity index (χ1v) is 12.1. The van der Waals surface area contributed by atoms with Crippen molar-refractivity contribution in [2.24, 2.45) is 17.3 Å². The molecule has 4 aromatic rings. The summed E-state index contributed by atoms with van der Waals surface area (Å²) in [6.45, 7) is 7.33. The van der Waals surface area contributed by atoms with Gasteiger partial charge in [-0.25, -0.2) is 9.97 Å². The molecule has 0 aromatic carbocycles. The summed E-state index contributed by atoms with van der Waals surface area (Å²) >= 11 is 5.46. The minimum atomic E-state index is 0.230. The highest BCUT2D eigenvalue weighted by molar-refractivity contribution is 7.27. The fourth-order valence-corrected chi connectivity index (χ4v) is 9.30. The molecule has 0 saturated heterocycles. The predicted molar refractivity (Wildman–Crippen MR) is 115 cm³/mol. The van der Waals surface area contributed by atoms with Gasteiger partial charge in [0.15, 0.2) is 0 Å². The van der Waals surface area contributed by atoms with Crippen molar-refractivity contribution in [3.05, 3.63) is 46.4 Å². The second-order valence-corrected chi connectivity index (χ2v) is 11.6. The molecule has 0 aliphatic heterocycles. The molecule has 2 fully saturated rings. The van der Waals surface area contributed by atoms with Crippen LogP contribution >= 0.6 is 34.0 Å². The van der Waals surface area contributed by atoms with Gasteiger partial charge in [-0.1, -0.05) is 32.9 Å². The third-order valence-electron chi connectivity index (χ3n) is 7.89. The van der Waals surface area contributed by atoms with E-state index in [-0.39, 0.29) is 5.41 Å². The van der Waals surface area contributed by atoms with Crippen LogP contribution in [0.2, 0.25) is 0 Å². The molecule has 5 unspecified atom stereocenters. The van der Waals surface area contributed by atoms with Gasteiger partial charge >= 0.3 is 0 Å². The van der Waals surface area contributed by atoms with Crippen LogP contribution in [0.25, 0.3) is 30.5 Å². The monoisotopic (exact) mass is 406 g/mol. The Hall–Kier alpha value is -1.56. The Morgan fingerprint density at radius 2 is 1.56 bits per heavy atom. The fourth-order valence-electron chi connectivity index (χ4n) is 6.41. The van der Waals surface area contributed by atoms with E-state index >= 15 is 0 Å². The molecular formula is C22H18N2S3. The Morgan fingerprint density at radius 1 is 0.926 bits per heavy atom. The molecule has 0 radical (unpaired) electrons. The number of hydrogen-bond acceptors (Lipinski definition) is 5. The lowest BCUT2D eigenvalue weighted by Crippen LogP contribution is -2.50. The third kappa shape index (κ3) is 1.50. The summed E-state index contributed by atoms with van der Waals surface area (Å²) in [5.74, 6) is 2.10. The molecule has 4 aromatic heterocycles. The molecule has 27 heavy (non-hydrogen) atoms. The van der Waals surface area contributed by atoms with E-state index in [1.807, 2.05) is 11.3 Å². The first-order valence-electron chi connectivity index (χ1n) is 9.49. The zero-order valence-corrected chi connectivity index (χ0v) is 17.8. The molecule has 7 rings (SSSR count). The predicted octanol–water partition coefficient (Wildman–Crippen LogP) is 6.79. The molecular weight excluding hydrogens is 388 g/mol. The Bertz CT molecular complexity index is 1240. The van der Waals surface area contributed by atoms with E-state index in [2.05, 4.69) is 55.8 Å². The van der Waals surface area contributed by atoms with E-state index < -0.39 is 0 Å². The summed E-state index contributed by atoms with van der Waals surface area (Å²) in [5.41, 5.74) is 5.55. The molecule has 5 heteroatoms. The van der Waals surface area contributed by atoms with Gasteiger partial charge in [-0.2, -0.15) is 0 Å². The van der Waals surface area contributed by atoms with Gasteiger partial charge in [0.05, 0.1) is 21.1 Å². The van der Waals surface area contributed by atoms with Crippen LogP contribution < -0.4 is 0 Å². The highest BCUT2D eigenvalue weighted by Crippen LogP contribution is 2.90. The first-order chi connectivity index (χ1) is 13.1. The van der Waals surface area contributed by atoms with Gasteiger partial charge < -0.3 is 0 Å². The molecule has 3 aliphatic carbocycles. The summed E-state index contributed by atoms with van der Waals surface area (Å²) in [6.07, 6.45) is 0. The lowest BCUT2D eigenvalue weighted by Gasteiger charge is -2.50. The van der Waals surface area contributed by atoms with E-state index in [1.54, 1.807) is 22.7 Å². The van der Waals surface area contributed by atoms with Gasteiger partial charge in [0.1, 0.15) is 11.0 Å². The van der Waals surface area contributed by atoms with E-state index in [9.17, 15) is 0 Å². The molecule has 4 heterocycles. The summed E-state index contributed by atoms with van der Waals surface area (Å²) < 4.78 is 0. The quantitative estimate of drug-likeness (QED) is 0.366. The second-order valence-electron chi connectivity index (χ2n) is 8.70. The lowest BCUT2D eigenvalue weighted by atomic mass is 9.53. The van der Waals surface area contributed by atoms with Crippen LogP contribution in [0.4, 0.5) is 0 Å². The van der Waals surface area contributed by atoms with Crippen molar-refractivity contribution in [3.8, 4) is 19.5 Å². The van der Waals surface area contributed by atoms with Gasteiger partial charge in [0, 0.05) is 21.1 Å². The minimum absolute atomic E-state index is 0.230. The van der Waals surface area contributed by atoms with Crippen molar-refractivity contribution >= 4 is 45.0 Å². The average Bonchev–Trinajstić information content (AvgIpc) is 3.27. The number of aromatic nitrogens is 2. The van der Waals surface area contributed by atoms with Crippen LogP contribution in [-0.4, -0.2) is 9.97 Å². The summed E-state index contributed by atoms with van der Waals surface area (Å²) in [6, 6.07) is 8.69. The molecule has 134 valence electrons. The van der Waals surface area contributed by atoms with Gasteiger partial charge in [0.2, 0.25) is 0 Å². The van der Waals surface area contributed by atoms with Gasteiger partial charge in [0.25, 0.3) is 0 Å². The summed E-state index contributed by atoms with van der Waals surface area (Å²) in [4.78, 5) is 15.9. The number of thiophene rings is 3. The normalized spacial score (nSPS) is 35.1. The van der Waals surface area contributed by atoms with Crippen LogP contribution in [0.3, 0.4) is 0 Å². The lowest BCUT2D eigenvalue weighted by molar-refractivity contribution is 0.0535. The number of fused-ring (bicyclic) bond motifs is 5. The van der Waals surface area contributed by atoms with Crippen molar-refractivity contribution < 1.29 is 0 Å². The van der Waals surface area contributed by atoms with Crippen molar-refractivity contribution in [2.45, 2.75) is 32.1 Å². The molecule has 2 nitrogen and oxygen atoms in total. The number of nitrogens with zero attached hydrogens (tertiary/aromatic N) is 2. The molecule has 0 amide bonds. The van der Waals surface area contributed by atoms with Crippen LogP contribution in [0, 0.1) is 17.3 Å². The first kappa shape index (κ1) is 15.4. The van der Waals surface area contributed by atoms with Crippen LogP contribution in [-0.2, 0) is 5.41 Å². The number of rotatable bonds is 2. The Morgan fingerprint density at radius 3 is 2.15 bits per heavy atom. The van der Waals surface area contributed by atoms with Crippen molar-refractivity contribution in [2.75, 3.05) is 0 Å². The Kier molecular flexibility index (Phi) is 2.58. The highest BCUT2D eigenvalue weighted by Gasteiger charge is 2.87. The molecule has 5 atom stereocenters. The van der Waals surface area contributed by atoms with Gasteiger partial charge in [-0.15, -0.1) is 34.0 Å². The highest BCUT2D eigenvalue weighted by atomic mass is 32.1.